The largest absolute Gasteiger partial charge is 0.487 e. The van der Waals surface area contributed by atoms with Crippen molar-refractivity contribution in [3.8, 4) is 5.75 Å². The molecule has 0 aliphatic rings. The van der Waals surface area contributed by atoms with Gasteiger partial charge in [-0.1, -0.05) is 49.4 Å². The maximum atomic E-state index is 13.0. The van der Waals surface area contributed by atoms with Crippen molar-refractivity contribution in [3.63, 3.8) is 0 Å². The standard InChI is InChI=1S/C20H21F5O2/c1-2-18(12-13-26,15-6-4-3-5-7-15)16-8-10-17(11-9-16)27-14-19(21,22)20(23,24)25/h3-11,26H,2,12-14H2,1H3. The van der Waals surface area contributed by atoms with Crippen LogP contribution in [-0.2, 0) is 5.41 Å². The second-order valence-electron chi connectivity index (χ2n) is 6.29. The van der Waals surface area contributed by atoms with Gasteiger partial charge in [0, 0.05) is 12.0 Å². The van der Waals surface area contributed by atoms with E-state index in [1.807, 2.05) is 37.3 Å². The number of alkyl halides is 5. The number of benzene rings is 2. The fraction of sp³-hybridized carbons (Fsp3) is 0.400. The minimum atomic E-state index is -5.65. The minimum absolute atomic E-state index is 0.0568. The van der Waals surface area contributed by atoms with Crippen LogP contribution in [-0.4, -0.2) is 30.4 Å². The molecule has 0 aliphatic carbocycles. The molecule has 0 aromatic heterocycles. The topological polar surface area (TPSA) is 29.5 Å². The molecule has 0 amide bonds. The first-order chi connectivity index (χ1) is 12.7. The molecule has 0 saturated carbocycles. The van der Waals surface area contributed by atoms with Gasteiger partial charge in [-0.05, 0) is 36.1 Å². The number of rotatable bonds is 8. The third-order valence-corrected chi connectivity index (χ3v) is 4.71. The van der Waals surface area contributed by atoms with Gasteiger partial charge in [-0.3, -0.25) is 0 Å². The van der Waals surface area contributed by atoms with Gasteiger partial charge in [0.15, 0.2) is 6.61 Å². The molecule has 0 radical (unpaired) electrons. The van der Waals surface area contributed by atoms with E-state index in [2.05, 4.69) is 4.74 Å². The number of halogens is 5. The first-order valence-electron chi connectivity index (χ1n) is 8.50. The molecule has 0 heterocycles. The van der Waals surface area contributed by atoms with Gasteiger partial charge in [0.1, 0.15) is 5.75 Å². The van der Waals surface area contributed by atoms with Gasteiger partial charge in [-0.2, -0.15) is 22.0 Å². The molecule has 2 aromatic rings. The van der Waals surface area contributed by atoms with Crippen molar-refractivity contribution in [1.29, 1.82) is 0 Å². The second-order valence-corrected chi connectivity index (χ2v) is 6.29. The molecule has 0 saturated heterocycles. The highest BCUT2D eigenvalue weighted by Gasteiger charge is 2.58. The lowest BCUT2D eigenvalue weighted by Gasteiger charge is -2.34. The third kappa shape index (κ3) is 4.58. The Morgan fingerprint density at radius 1 is 0.852 bits per heavy atom. The van der Waals surface area contributed by atoms with Gasteiger partial charge in [0.2, 0.25) is 0 Å². The van der Waals surface area contributed by atoms with E-state index >= 15 is 0 Å². The number of aliphatic hydroxyl groups excluding tert-OH is 1. The fourth-order valence-corrected chi connectivity index (χ4v) is 3.11. The predicted molar refractivity (Wildman–Crippen MR) is 92.2 cm³/mol. The van der Waals surface area contributed by atoms with E-state index in [-0.39, 0.29) is 12.4 Å². The summed E-state index contributed by atoms with van der Waals surface area (Å²) in [4.78, 5) is 0. The van der Waals surface area contributed by atoms with Gasteiger partial charge in [0.05, 0.1) is 0 Å². The Hall–Kier alpha value is -2.15. The van der Waals surface area contributed by atoms with E-state index in [0.29, 0.717) is 12.8 Å². The zero-order valence-corrected chi connectivity index (χ0v) is 14.8. The first kappa shape index (κ1) is 21.2. The summed E-state index contributed by atoms with van der Waals surface area (Å²) in [5, 5.41) is 9.55. The lowest BCUT2D eigenvalue weighted by Crippen LogP contribution is -2.41. The summed E-state index contributed by atoms with van der Waals surface area (Å²) in [6, 6.07) is 15.5. The zero-order valence-electron chi connectivity index (χ0n) is 14.8. The van der Waals surface area contributed by atoms with Crippen LogP contribution in [0.4, 0.5) is 22.0 Å². The summed E-state index contributed by atoms with van der Waals surface area (Å²) in [7, 11) is 0. The Bertz CT molecular complexity index is 713. The van der Waals surface area contributed by atoms with Crippen LogP contribution in [0.5, 0.6) is 5.75 Å². The Balaban J connectivity index is 2.26. The van der Waals surface area contributed by atoms with E-state index in [9.17, 15) is 27.1 Å². The van der Waals surface area contributed by atoms with Crippen molar-refractivity contribution >= 4 is 0 Å². The van der Waals surface area contributed by atoms with Crippen molar-refractivity contribution in [2.75, 3.05) is 13.2 Å². The monoisotopic (exact) mass is 388 g/mol. The molecule has 148 valence electrons. The smallest absolute Gasteiger partial charge is 0.456 e. The van der Waals surface area contributed by atoms with Crippen molar-refractivity contribution < 1.29 is 31.8 Å². The molecule has 0 spiro atoms. The predicted octanol–water partition coefficient (Wildman–Crippen LogP) is 5.34. The SMILES string of the molecule is CCC(CCO)(c1ccccc1)c1ccc(OCC(F)(F)C(F)(F)F)cc1. The van der Waals surface area contributed by atoms with Crippen LogP contribution in [0.1, 0.15) is 30.9 Å². The number of hydrogen-bond acceptors (Lipinski definition) is 2. The van der Waals surface area contributed by atoms with E-state index < -0.39 is 24.1 Å². The maximum Gasteiger partial charge on any atom is 0.456 e. The average molecular weight is 388 g/mol. The summed E-state index contributed by atoms with van der Waals surface area (Å²) in [6.07, 6.45) is -4.54. The highest BCUT2D eigenvalue weighted by Crippen LogP contribution is 2.40. The summed E-state index contributed by atoms with van der Waals surface area (Å²) < 4.78 is 67.3. The highest BCUT2D eigenvalue weighted by molar-refractivity contribution is 5.41. The molecule has 2 rings (SSSR count). The molecule has 1 N–H and O–H groups in total. The molecule has 2 aromatic carbocycles. The Morgan fingerprint density at radius 3 is 1.89 bits per heavy atom. The molecule has 0 aliphatic heterocycles. The molecular weight excluding hydrogens is 367 g/mol. The van der Waals surface area contributed by atoms with Gasteiger partial charge in [-0.25, -0.2) is 0 Å². The number of ether oxygens (including phenoxy) is 1. The Morgan fingerprint density at radius 2 is 1.41 bits per heavy atom. The summed E-state index contributed by atoms with van der Waals surface area (Å²) >= 11 is 0. The molecule has 27 heavy (non-hydrogen) atoms. The zero-order chi connectivity index (χ0) is 20.1. The van der Waals surface area contributed by atoms with Crippen LogP contribution >= 0.6 is 0 Å². The Kier molecular flexibility index (Phi) is 6.46. The van der Waals surface area contributed by atoms with E-state index in [1.165, 1.54) is 12.1 Å². The van der Waals surface area contributed by atoms with Crippen LogP contribution in [0, 0.1) is 0 Å². The first-order valence-corrected chi connectivity index (χ1v) is 8.50. The average Bonchev–Trinajstić information content (AvgIpc) is 2.65. The molecule has 1 unspecified atom stereocenters. The summed E-state index contributed by atoms with van der Waals surface area (Å²) in [5.41, 5.74) is 1.31. The lowest BCUT2D eigenvalue weighted by atomic mass is 9.70. The van der Waals surface area contributed by atoms with Gasteiger partial charge in [-0.15, -0.1) is 0 Å². The maximum absolute atomic E-state index is 13.0. The minimum Gasteiger partial charge on any atom is -0.487 e. The lowest BCUT2D eigenvalue weighted by molar-refractivity contribution is -0.290. The quantitative estimate of drug-likeness (QED) is 0.619. The van der Waals surface area contributed by atoms with Crippen LogP contribution in [0.25, 0.3) is 0 Å². The molecular formula is C20H21F5O2. The van der Waals surface area contributed by atoms with Crippen molar-refractivity contribution in [2.24, 2.45) is 0 Å². The van der Waals surface area contributed by atoms with Gasteiger partial charge < -0.3 is 9.84 Å². The van der Waals surface area contributed by atoms with Gasteiger partial charge in [0.25, 0.3) is 0 Å². The molecule has 7 heteroatoms. The number of aliphatic hydroxyl groups is 1. The van der Waals surface area contributed by atoms with E-state index in [4.69, 9.17) is 0 Å². The van der Waals surface area contributed by atoms with Crippen LogP contribution < -0.4 is 4.74 Å². The van der Waals surface area contributed by atoms with Crippen LogP contribution in [0.3, 0.4) is 0 Å². The Labute approximate surface area is 154 Å². The molecule has 2 nitrogen and oxygen atoms in total. The van der Waals surface area contributed by atoms with E-state index in [1.54, 1.807) is 12.1 Å². The van der Waals surface area contributed by atoms with Crippen molar-refractivity contribution in [2.45, 2.75) is 37.3 Å². The van der Waals surface area contributed by atoms with E-state index in [0.717, 1.165) is 11.1 Å². The molecule has 0 bridgehead atoms. The summed E-state index contributed by atoms with van der Waals surface area (Å²) in [6.45, 7) is 0.139. The molecule has 0 fully saturated rings. The van der Waals surface area contributed by atoms with Crippen LogP contribution in [0.2, 0.25) is 0 Å². The van der Waals surface area contributed by atoms with Crippen molar-refractivity contribution in [3.05, 3.63) is 65.7 Å². The van der Waals surface area contributed by atoms with Gasteiger partial charge >= 0.3 is 12.1 Å². The second kappa shape index (κ2) is 8.25. The fourth-order valence-electron chi connectivity index (χ4n) is 3.11. The van der Waals surface area contributed by atoms with Crippen molar-refractivity contribution in [1.82, 2.24) is 0 Å². The summed E-state index contributed by atoms with van der Waals surface area (Å²) in [5.74, 6) is -5.00. The highest BCUT2D eigenvalue weighted by atomic mass is 19.4. The number of hydrogen-bond donors (Lipinski definition) is 1. The molecule has 1 atom stereocenters. The third-order valence-electron chi connectivity index (χ3n) is 4.71. The normalized spacial score (nSPS) is 14.6. The van der Waals surface area contributed by atoms with Crippen LogP contribution in [0.15, 0.2) is 54.6 Å².